The Kier molecular flexibility index (Phi) is 10.7. The van der Waals surface area contributed by atoms with E-state index in [9.17, 15) is 19.8 Å². The Balaban J connectivity index is 1.20. The molecule has 4 aliphatic rings. The van der Waals surface area contributed by atoms with Gasteiger partial charge in [-0.05, 0) is 89.7 Å². The molecule has 256 valence electrons. The van der Waals surface area contributed by atoms with Gasteiger partial charge in [-0.25, -0.2) is 0 Å². The Hall–Kier alpha value is -2.48. The Morgan fingerprint density at radius 3 is 2.24 bits per heavy atom. The van der Waals surface area contributed by atoms with Crippen molar-refractivity contribution in [3.63, 3.8) is 0 Å². The third-order valence-electron chi connectivity index (χ3n) is 10.6. The molecule has 2 heterocycles. The molecule has 0 aromatic rings. The number of rotatable bonds is 12. The van der Waals surface area contributed by atoms with E-state index < -0.39 is 22.7 Å². The molecule has 7 heteroatoms. The van der Waals surface area contributed by atoms with Gasteiger partial charge in [-0.1, -0.05) is 69.2 Å². The number of carbonyl (C=O) groups is 2. The van der Waals surface area contributed by atoms with Gasteiger partial charge < -0.3 is 24.4 Å². The van der Waals surface area contributed by atoms with Crippen LogP contribution in [0.25, 0.3) is 0 Å². The van der Waals surface area contributed by atoms with Gasteiger partial charge in [0, 0.05) is 31.6 Å². The fourth-order valence-electron chi connectivity index (χ4n) is 8.57. The van der Waals surface area contributed by atoms with Crippen LogP contribution in [0, 0.1) is 16.7 Å². The first-order valence-electron chi connectivity index (χ1n) is 17.2. The van der Waals surface area contributed by atoms with Crippen LogP contribution in [-0.4, -0.2) is 51.2 Å². The molecular formula is C39H58O7. The maximum atomic E-state index is 12.6. The minimum atomic E-state index is -0.998. The van der Waals surface area contributed by atoms with Crippen LogP contribution >= 0.6 is 0 Å². The molecule has 2 N–H and O–H groups in total. The molecule has 7 nitrogen and oxygen atoms in total. The van der Waals surface area contributed by atoms with Gasteiger partial charge in [0.25, 0.3) is 0 Å². The maximum Gasteiger partial charge on any atom is 0.321 e. The van der Waals surface area contributed by atoms with E-state index in [0.717, 1.165) is 37.7 Å². The fourth-order valence-corrected chi connectivity index (χ4v) is 8.57. The number of unbranched alkanes of at least 4 members (excludes halogenated alkanes) is 3. The highest BCUT2D eigenvalue weighted by Gasteiger charge is 2.74. The normalized spacial score (nSPS) is 36.4. The zero-order chi connectivity index (χ0) is 34.1. The number of aliphatic hydroxyl groups is 2. The zero-order valence-corrected chi connectivity index (χ0v) is 29.7. The van der Waals surface area contributed by atoms with Gasteiger partial charge in [-0.3, -0.25) is 9.59 Å². The van der Waals surface area contributed by atoms with Crippen molar-refractivity contribution in [2.75, 3.05) is 0 Å². The lowest BCUT2D eigenvalue weighted by Gasteiger charge is -2.46. The molecule has 0 spiro atoms. The first kappa shape index (κ1) is 36.4. The van der Waals surface area contributed by atoms with E-state index >= 15 is 0 Å². The van der Waals surface area contributed by atoms with Crippen molar-refractivity contribution in [3.05, 3.63) is 58.9 Å². The van der Waals surface area contributed by atoms with Crippen molar-refractivity contribution in [2.24, 2.45) is 16.7 Å². The summed E-state index contributed by atoms with van der Waals surface area (Å²) in [5.41, 5.74) is 1.19. The van der Waals surface area contributed by atoms with Gasteiger partial charge in [0.15, 0.2) is 0 Å². The van der Waals surface area contributed by atoms with Crippen molar-refractivity contribution < 1.29 is 34.0 Å². The number of hydrogen-bond acceptors (Lipinski definition) is 7. The zero-order valence-electron chi connectivity index (χ0n) is 29.7. The van der Waals surface area contributed by atoms with Crippen LogP contribution in [0.3, 0.4) is 0 Å². The lowest BCUT2D eigenvalue weighted by atomic mass is 9.63. The van der Waals surface area contributed by atoms with Crippen molar-refractivity contribution in [1.82, 2.24) is 0 Å². The smallest absolute Gasteiger partial charge is 0.321 e. The van der Waals surface area contributed by atoms with Gasteiger partial charge in [0.1, 0.15) is 23.1 Å². The van der Waals surface area contributed by atoms with Crippen molar-refractivity contribution in [2.45, 2.75) is 156 Å². The SMILES string of the molecule is CC(=O)O[C@H]1CC(C)(C)C(=CC/C(C)=C/CCCC/C=C(\C)CC2=CC(/C=C/[C@@]34O[C@]3(C)C[C@@H](O)CC4(C)C)C(=O)O2)[C@](C)(O)C1. The molecule has 1 unspecified atom stereocenters. The van der Waals surface area contributed by atoms with Crippen LogP contribution < -0.4 is 0 Å². The summed E-state index contributed by atoms with van der Waals surface area (Å²) in [4.78, 5) is 24.1. The molecule has 0 radical (unpaired) electrons. The third kappa shape index (κ3) is 8.14. The monoisotopic (exact) mass is 638 g/mol. The summed E-state index contributed by atoms with van der Waals surface area (Å²) in [6.07, 6.45) is 20.0. The summed E-state index contributed by atoms with van der Waals surface area (Å²) in [5.74, 6) is -0.248. The van der Waals surface area contributed by atoms with Crippen LogP contribution in [0.1, 0.15) is 127 Å². The summed E-state index contributed by atoms with van der Waals surface area (Å²) in [6, 6.07) is 0. The molecule has 2 aliphatic heterocycles. The topological polar surface area (TPSA) is 106 Å². The highest BCUT2D eigenvalue weighted by Crippen LogP contribution is 2.66. The second-order valence-electron chi connectivity index (χ2n) is 16.1. The lowest BCUT2D eigenvalue weighted by Crippen LogP contribution is -2.46. The molecular weight excluding hydrogens is 580 g/mol. The fraction of sp³-hybridized carbons (Fsp3) is 0.692. The molecule has 2 aliphatic carbocycles. The van der Waals surface area contributed by atoms with Crippen LogP contribution in [0.4, 0.5) is 0 Å². The predicted molar refractivity (Wildman–Crippen MR) is 181 cm³/mol. The quantitative estimate of drug-likeness (QED) is 0.0967. The molecule has 3 fully saturated rings. The van der Waals surface area contributed by atoms with Crippen LogP contribution in [0.5, 0.6) is 0 Å². The van der Waals surface area contributed by atoms with E-state index in [1.54, 1.807) is 0 Å². The van der Waals surface area contributed by atoms with Crippen LogP contribution in [-0.2, 0) is 23.8 Å². The molecule has 1 saturated heterocycles. The van der Waals surface area contributed by atoms with Crippen LogP contribution in [0.15, 0.2) is 58.9 Å². The maximum absolute atomic E-state index is 12.6. The van der Waals surface area contributed by atoms with Crippen molar-refractivity contribution in [3.8, 4) is 0 Å². The van der Waals surface area contributed by atoms with Crippen molar-refractivity contribution in [1.29, 1.82) is 0 Å². The minimum Gasteiger partial charge on any atom is -0.462 e. The number of allylic oxidation sites excluding steroid dienone is 5. The number of esters is 2. The number of carbonyl (C=O) groups excluding carboxylic acids is 2. The van der Waals surface area contributed by atoms with E-state index in [2.05, 4.69) is 66.7 Å². The number of aliphatic hydroxyl groups excluding tert-OH is 1. The van der Waals surface area contributed by atoms with E-state index in [-0.39, 0.29) is 35.0 Å². The summed E-state index contributed by atoms with van der Waals surface area (Å²) in [5, 5.41) is 21.5. The van der Waals surface area contributed by atoms with Gasteiger partial charge in [0.05, 0.1) is 17.6 Å². The molecule has 0 aromatic heterocycles. The summed E-state index contributed by atoms with van der Waals surface area (Å²) < 4.78 is 17.3. The average molecular weight is 639 g/mol. The van der Waals surface area contributed by atoms with E-state index in [0.29, 0.717) is 37.9 Å². The lowest BCUT2D eigenvalue weighted by molar-refractivity contribution is -0.152. The first-order valence-corrected chi connectivity index (χ1v) is 17.2. The van der Waals surface area contributed by atoms with Crippen LogP contribution in [0.2, 0.25) is 0 Å². The number of cyclic esters (lactones) is 1. The molecule has 0 aromatic carbocycles. The molecule has 4 rings (SSSR count). The second kappa shape index (κ2) is 13.6. The molecule has 46 heavy (non-hydrogen) atoms. The number of fused-ring (bicyclic) bond motifs is 1. The second-order valence-corrected chi connectivity index (χ2v) is 16.1. The summed E-state index contributed by atoms with van der Waals surface area (Å²) >= 11 is 0. The summed E-state index contributed by atoms with van der Waals surface area (Å²) in [6.45, 7) is 18.0. The first-order chi connectivity index (χ1) is 21.3. The summed E-state index contributed by atoms with van der Waals surface area (Å²) in [7, 11) is 0. The average Bonchev–Trinajstić information content (AvgIpc) is 3.36. The van der Waals surface area contributed by atoms with Crippen molar-refractivity contribution >= 4 is 11.9 Å². The molecule has 0 bridgehead atoms. The number of ether oxygens (including phenoxy) is 3. The predicted octanol–water partition coefficient (Wildman–Crippen LogP) is 7.97. The third-order valence-corrected chi connectivity index (χ3v) is 10.6. The molecule has 2 saturated carbocycles. The van der Waals surface area contributed by atoms with E-state index in [1.165, 1.54) is 18.1 Å². The minimum absolute atomic E-state index is 0.219. The Bertz CT molecular complexity index is 1310. The standard InChI is InChI=1S/C39H58O7/c1-26(16-17-33-35(4,5)24-32(44-28(3)40)25-37(33,8)43)14-12-10-11-13-15-27(2)20-31-21-29(34(42)45-31)18-19-39-36(6,7)22-30(41)23-38(39,9)46-39/h14-15,17-19,21,29-30,32,41,43H,10-13,16,20,22-25H2,1-9H3/b19-18+,26-14+,27-15+,33-17?/t29?,30-,32-,37+,38+,39-/m0/s1. The molecule has 0 amide bonds. The number of hydrogen-bond donors (Lipinski definition) is 2. The van der Waals surface area contributed by atoms with Gasteiger partial charge in [-0.2, -0.15) is 0 Å². The van der Waals surface area contributed by atoms with Gasteiger partial charge >= 0.3 is 11.9 Å². The largest absolute Gasteiger partial charge is 0.462 e. The number of epoxide rings is 1. The van der Waals surface area contributed by atoms with Gasteiger partial charge in [-0.15, -0.1) is 0 Å². The van der Waals surface area contributed by atoms with E-state index in [1.807, 2.05) is 25.2 Å². The highest BCUT2D eigenvalue weighted by atomic mass is 16.6. The highest BCUT2D eigenvalue weighted by molar-refractivity contribution is 5.80. The van der Waals surface area contributed by atoms with Gasteiger partial charge in [0.2, 0.25) is 0 Å². The Morgan fingerprint density at radius 2 is 1.63 bits per heavy atom. The molecule has 6 atom stereocenters. The Morgan fingerprint density at radius 1 is 0.978 bits per heavy atom. The Labute approximate surface area is 276 Å². The van der Waals surface area contributed by atoms with E-state index in [4.69, 9.17) is 14.2 Å².